The minimum Gasteiger partial charge on any atom is -0.454 e. The highest BCUT2D eigenvalue weighted by Gasteiger charge is 2.14. The summed E-state index contributed by atoms with van der Waals surface area (Å²) in [6.45, 7) is 0.631. The molecule has 30 heavy (non-hydrogen) atoms. The number of nitrogens with zero attached hydrogens (tertiary/aromatic N) is 5. The van der Waals surface area contributed by atoms with Gasteiger partial charge in [-0.05, 0) is 42.0 Å². The van der Waals surface area contributed by atoms with Gasteiger partial charge in [0.25, 0.3) is 0 Å². The predicted molar refractivity (Wildman–Crippen MR) is 109 cm³/mol. The maximum absolute atomic E-state index is 12.3. The van der Waals surface area contributed by atoms with Crippen LogP contribution in [0, 0.1) is 0 Å². The van der Waals surface area contributed by atoms with E-state index in [1.165, 1.54) is 11.8 Å². The zero-order valence-electron chi connectivity index (χ0n) is 15.7. The van der Waals surface area contributed by atoms with Gasteiger partial charge in [-0.15, -0.1) is 10.2 Å². The van der Waals surface area contributed by atoms with Crippen molar-refractivity contribution in [2.75, 3.05) is 12.5 Å². The van der Waals surface area contributed by atoms with Crippen molar-refractivity contribution < 1.29 is 14.3 Å². The van der Waals surface area contributed by atoms with E-state index in [0.29, 0.717) is 23.1 Å². The molecule has 0 atom stereocenters. The third-order valence-electron chi connectivity index (χ3n) is 4.47. The molecule has 10 heteroatoms. The maximum atomic E-state index is 12.3. The van der Waals surface area contributed by atoms with Crippen LogP contribution in [-0.2, 0) is 11.3 Å². The number of fused-ring (bicyclic) bond motifs is 2. The fourth-order valence-electron chi connectivity index (χ4n) is 2.97. The van der Waals surface area contributed by atoms with Crippen LogP contribution in [0.15, 0.2) is 60.0 Å². The number of carbonyl (C=O) groups excluding carboxylic acids is 1. The Morgan fingerprint density at radius 1 is 1.07 bits per heavy atom. The number of thioether (sulfide) groups is 1. The molecule has 0 bridgehead atoms. The van der Waals surface area contributed by atoms with Gasteiger partial charge < -0.3 is 14.8 Å². The Kier molecular flexibility index (Phi) is 4.89. The van der Waals surface area contributed by atoms with Gasteiger partial charge >= 0.3 is 0 Å². The Hall–Kier alpha value is -3.66. The van der Waals surface area contributed by atoms with Gasteiger partial charge in [-0.2, -0.15) is 9.61 Å². The van der Waals surface area contributed by atoms with Crippen LogP contribution >= 0.6 is 11.8 Å². The van der Waals surface area contributed by atoms with Gasteiger partial charge in [0.1, 0.15) is 0 Å². The smallest absolute Gasteiger partial charge is 0.231 e. The molecule has 5 rings (SSSR count). The van der Waals surface area contributed by atoms with E-state index in [9.17, 15) is 4.79 Å². The first kappa shape index (κ1) is 18.4. The second-order valence-electron chi connectivity index (χ2n) is 6.46. The molecule has 1 aliphatic rings. The number of hydrogen-bond donors (Lipinski definition) is 1. The Labute approximate surface area is 175 Å². The number of hydrogen-bond acceptors (Lipinski definition) is 8. The molecular formula is C20H16N6O3S. The molecule has 0 spiro atoms. The van der Waals surface area contributed by atoms with Crippen LogP contribution in [0.5, 0.6) is 11.5 Å². The monoisotopic (exact) mass is 420 g/mol. The van der Waals surface area contributed by atoms with Gasteiger partial charge in [0, 0.05) is 24.5 Å². The number of pyridine rings is 1. The predicted octanol–water partition coefficient (Wildman–Crippen LogP) is 2.32. The summed E-state index contributed by atoms with van der Waals surface area (Å²) in [6, 6.07) is 13.1. The average molecular weight is 420 g/mol. The normalized spacial score (nSPS) is 12.3. The van der Waals surface area contributed by atoms with E-state index >= 15 is 0 Å². The van der Waals surface area contributed by atoms with Crippen LogP contribution in [0.1, 0.15) is 5.56 Å². The van der Waals surface area contributed by atoms with E-state index in [1.54, 1.807) is 16.9 Å². The van der Waals surface area contributed by atoms with Crippen LogP contribution in [0.25, 0.3) is 16.9 Å². The number of aromatic nitrogens is 5. The highest BCUT2D eigenvalue weighted by Crippen LogP contribution is 2.32. The summed E-state index contributed by atoms with van der Waals surface area (Å²) >= 11 is 1.28. The Bertz CT molecular complexity index is 1210. The molecule has 0 unspecified atom stereocenters. The number of ether oxygens (including phenoxy) is 2. The van der Waals surface area contributed by atoms with Crippen LogP contribution in [-0.4, -0.2) is 43.2 Å². The lowest BCUT2D eigenvalue weighted by atomic mass is 10.2. The van der Waals surface area contributed by atoms with Gasteiger partial charge in [-0.1, -0.05) is 17.8 Å². The van der Waals surface area contributed by atoms with Crippen LogP contribution in [0.3, 0.4) is 0 Å². The highest BCUT2D eigenvalue weighted by molar-refractivity contribution is 7.99. The summed E-state index contributed by atoms with van der Waals surface area (Å²) in [5.74, 6) is 1.51. The quantitative estimate of drug-likeness (QED) is 0.474. The standard InChI is InChI=1S/C20H16N6O3S/c27-19(22-10-13-1-3-16-17(9-13)29-12-28-16)11-30-20-24-23-18-4-2-15(25-26(18)20)14-5-7-21-8-6-14/h1-9H,10-12H2,(H,22,27). The highest BCUT2D eigenvalue weighted by atomic mass is 32.2. The summed E-state index contributed by atoms with van der Waals surface area (Å²) in [7, 11) is 0. The van der Waals surface area contributed by atoms with Gasteiger partial charge in [-0.3, -0.25) is 9.78 Å². The lowest BCUT2D eigenvalue weighted by Gasteiger charge is -2.06. The van der Waals surface area contributed by atoms with Gasteiger partial charge in [0.15, 0.2) is 17.1 Å². The SMILES string of the molecule is O=C(CSc1nnc2ccc(-c3ccncc3)nn12)NCc1ccc2c(c1)OCO2. The van der Waals surface area contributed by atoms with Gasteiger partial charge in [0.2, 0.25) is 17.9 Å². The number of carbonyl (C=O) groups is 1. The molecule has 0 radical (unpaired) electrons. The van der Waals surface area contributed by atoms with Crippen molar-refractivity contribution in [3.8, 4) is 22.8 Å². The molecule has 4 heterocycles. The lowest BCUT2D eigenvalue weighted by molar-refractivity contribution is -0.118. The molecule has 0 aliphatic carbocycles. The molecule has 0 saturated heterocycles. The number of nitrogens with one attached hydrogen (secondary N) is 1. The zero-order valence-corrected chi connectivity index (χ0v) is 16.5. The fourth-order valence-corrected chi connectivity index (χ4v) is 3.69. The summed E-state index contributed by atoms with van der Waals surface area (Å²) in [5, 5.41) is 16.3. The van der Waals surface area contributed by atoms with E-state index < -0.39 is 0 Å². The van der Waals surface area contributed by atoms with E-state index in [4.69, 9.17) is 9.47 Å². The molecule has 150 valence electrons. The summed E-state index contributed by atoms with van der Waals surface area (Å²) in [5.41, 5.74) is 3.28. The molecule has 1 N–H and O–H groups in total. The Balaban J connectivity index is 1.23. The van der Waals surface area contributed by atoms with Crippen LogP contribution in [0.4, 0.5) is 0 Å². The number of amides is 1. The molecule has 1 aliphatic heterocycles. The van der Waals surface area contributed by atoms with Crippen molar-refractivity contribution in [2.24, 2.45) is 0 Å². The van der Waals surface area contributed by atoms with E-state index in [0.717, 1.165) is 22.6 Å². The Morgan fingerprint density at radius 3 is 2.83 bits per heavy atom. The molecule has 4 aromatic rings. The fraction of sp³-hybridized carbons (Fsp3) is 0.150. The van der Waals surface area contributed by atoms with Crippen molar-refractivity contribution in [1.29, 1.82) is 0 Å². The van der Waals surface area contributed by atoms with Gasteiger partial charge in [-0.25, -0.2) is 0 Å². The van der Waals surface area contributed by atoms with E-state index in [-0.39, 0.29) is 18.5 Å². The molecule has 3 aromatic heterocycles. The third-order valence-corrected chi connectivity index (χ3v) is 5.39. The molecule has 1 aromatic carbocycles. The maximum Gasteiger partial charge on any atom is 0.231 e. The molecule has 0 saturated carbocycles. The van der Waals surface area contributed by atoms with Gasteiger partial charge in [0.05, 0.1) is 11.4 Å². The lowest BCUT2D eigenvalue weighted by Crippen LogP contribution is -2.24. The van der Waals surface area contributed by atoms with Crippen molar-refractivity contribution in [2.45, 2.75) is 11.7 Å². The van der Waals surface area contributed by atoms with Crippen LogP contribution < -0.4 is 14.8 Å². The molecular weight excluding hydrogens is 404 g/mol. The minimum absolute atomic E-state index is 0.111. The summed E-state index contributed by atoms with van der Waals surface area (Å²) < 4.78 is 12.3. The third kappa shape index (κ3) is 3.77. The first-order chi connectivity index (χ1) is 14.8. The van der Waals surface area contributed by atoms with Crippen molar-refractivity contribution in [1.82, 2.24) is 30.1 Å². The average Bonchev–Trinajstić information content (AvgIpc) is 3.42. The van der Waals surface area contributed by atoms with Crippen molar-refractivity contribution >= 4 is 23.3 Å². The molecule has 0 fully saturated rings. The second kappa shape index (κ2) is 7.99. The molecule has 9 nitrogen and oxygen atoms in total. The number of benzene rings is 1. The Morgan fingerprint density at radius 2 is 1.93 bits per heavy atom. The van der Waals surface area contributed by atoms with Crippen molar-refractivity contribution in [3.63, 3.8) is 0 Å². The zero-order chi connectivity index (χ0) is 20.3. The van der Waals surface area contributed by atoms with Crippen molar-refractivity contribution in [3.05, 3.63) is 60.4 Å². The largest absolute Gasteiger partial charge is 0.454 e. The van der Waals surface area contributed by atoms with E-state index in [2.05, 4.69) is 25.6 Å². The minimum atomic E-state index is -0.111. The first-order valence-electron chi connectivity index (χ1n) is 9.17. The second-order valence-corrected chi connectivity index (χ2v) is 7.40. The first-order valence-corrected chi connectivity index (χ1v) is 10.2. The molecule has 1 amide bonds. The number of rotatable bonds is 6. The summed E-state index contributed by atoms with van der Waals surface area (Å²) in [6.07, 6.45) is 3.43. The topological polar surface area (TPSA) is 104 Å². The summed E-state index contributed by atoms with van der Waals surface area (Å²) in [4.78, 5) is 16.3. The van der Waals surface area contributed by atoms with E-state index in [1.807, 2.05) is 42.5 Å². The van der Waals surface area contributed by atoms with Crippen LogP contribution in [0.2, 0.25) is 0 Å².